The molecule has 1 heterocycles. The molecule has 17 heavy (non-hydrogen) atoms. The maximum absolute atomic E-state index is 11.9. The monoisotopic (exact) mass is 354 g/mol. The lowest BCUT2D eigenvalue weighted by molar-refractivity contribution is 0.102. The van der Waals surface area contributed by atoms with Gasteiger partial charge >= 0.3 is 0 Å². The van der Waals surface area contributed by atoms with Crippen molar-refractivity contribution < 1.29 is 4.79 Å². The minimum absolute atomic E-state index is 0.188. The van der Waals surface area contributed by atoms with Gasteiger partial charge in [-0.05, 0) is 40.8 Å². The van der Waals surface area contributed by atoms with Crippen LogP contribution in [0.3, 0.4) is 0 Å². The van der Waals surface area contributed by atoms with Crippen LogP contribution in [0.5, 0.6) is 0 Å². The molecule has 0 saturated carbocycles. The molecule has 0 saturated heterocycles. The van der Waals surface area contributed by atoms with Gasteiger partial charge in [0, 0.05) is 5.38 Å². The van der Waals surface area contributed by atoms with Gasteiger partial charge in [0.1, 0.15) is 6.07 Å². The van der Waals surface area contributed by atoms with E-state index in [-0.39, 0.29) is 5.91 Å². The van der Waals surface area contributed by atoms with Gasteiger partial charge in [-0.2, -0.15) is 5.26 Å². The molecular formula is C12H7IN2OS. The standard InChI is InChI=1S/C12H7IN2OS/c13-11-5-9(7-17-11)12(16)15-10-4-2-1-3-8(10)6-14/h1-5,7H,(H,15,16). The van der Waals surface area contributed by atoms with E-state index >= 15 is 0 Å². The number of hydrogen-bond acceptors (Lipinski definition) is 3. The fourth-order valence-electron chi connectivity index (χ4n) is 1.31. The number of para-hydroxylation sites is 1. The SMILES string of the molecule is N#Cc1ccccc1NC(=O)c1csc(I)c1. The van der Waals surface area contributed by atoms with E-state index < -0.39 is 0 Å². The molecule has 1 amide bonds. The molecule has 0 aliphatic rings. The Balaban J connectivity index is 2.22. The van der Waals surface area contributed by atoms with E-state index in [1.165, 1.54) is 11.3 Å². The van der Waals surface area contributed by atoms with Crippen LogP contribution in [-0.4, -0.2) is 5.91 Å². The van der Waals surface area contributed by atoms with E-state index in [1.807, 2.05) is 12.1 Å². The van der Waals surface area contributed by atoms with Crippen LogP contribution in [0, 0.1) is 14.2 Å². The van der Waals surface area contributed by atoms with Crippen LogP contribution in [0.25, 0.3) is 0 Å². The average molecular weight is 354 g/mol. The summed E-state index contributed by atoms with van der Waals surface area (Å²) in [7, 11) is 0. The van der Waals surface area contributed by atoms with Crippen molar-refractivity contribution in [1.29, 1.82) is 5.26 Å². The summed E-state index contributed by atoms with van der Waals surface area (Å²) in [5.74, 6) is -0.188. The highest BCUT2D eigenvalue weighted by molar-refractivity contribution is 14.1. The van der Waals surface area contributed by atoms with E-state index in [2.05, 4.69) is 27.9 Å². The van der Waals surface area contributed by atoms with Gasteiger partial charge in [0.2, 0.25) is 0 Å². The topological polar surface area (TPSA) is 52.9 Å². The Kier molecular flexibility index (Phi) is 3.76. The molecule has 0 unspecified atom stereocenters. The maximum Gasteiger partial charge on any atom is 0.256 e. The van der Waals surface area contributed by atoms with E-state index in [0.29, 0.717) is 16.8 Å². The second-order valence-corrected chi connectivity index (χ2v) is 6.06. The molecule has 0 spiro atoms. The van der Waals surface area contributed by atoms with Crippen molar-refractivity contribution in [3.63, 3.8) is 0 Å². The Morgan fingerprint density at radius 3 is 2.82 bits per heavy atom. The van der Waals surface area contributed by atoms with Gasteiger partial charge in [-0.3, -0.25) is 4.79 Å². The van der Waals surface area contributed by atoms with E-state index in [1.54, 1.807) is 29.6 Å². The summed E-state index contributed by atoms with van der Waals surface area (Å²) in [6.45, 7) is 0. The summed E-state index contributed by atoms with van der Waals surface area (Å²) < 4.78 is 1.06. The molecule has 3 nitrogen and oxygen atoms in total. The molecule has 1 N–H and O–H groups in total. The Hall–Kier alpha value is -1.39. The Bertz CT molecular complexity index is 601. The number of carbonyl (C=O) groups is 1. The number of amides is 1. The highest BCUT2D eigenvalue weighted by atomic mass is 127. The first-order valence-electron chi connectivity index (χ1n) is 4.75. The smallest absolute Gasteiger partial charge is 0.256 e. The zero-order valence-corrected chi connectivity index (χ0v) is 11.6. The third-order valence-electron chi connectivity index (χ3n) is 2.13. The van der Waals surface area contributed by atoms with Gasteiger partial charge in [-0.1, -0.05) is 12.1 Å². The number of rotatable bonds is 2. The van der Waals surface area contributed by atoms with Crippen LogP contribution < -0.4 is 5.32 Å². The van der Waals surface area contributed by atoms with Gasteiger partial charge in [-0.25, -0.2) is 0 Å². The van der Waals surface area contributed by atoms with Crippen LogP contribution in [0.15, 0.2) is 35.7 Å². The number of hydrogen-bond donors (Lipinski definition) is 1. The Morgan fingerprint density at radius 1 is 1.41 bits per heavy atom. The zero-order chi connectivity index (χ0) is 12.3. The summed E-state index contributed by atoms with van der Waals surface area (Å²) in [6, 6.07) is 10.8. The Labute approximate surface area is 116 Å². The lowest BCUT2D eigenvalue weighted by atomic mass is 10.2. The van der Waals surface area contributed by atoms with Crippen molar-refractivity contribution in [3.8, 4) is 6.07 Å². The second-order valence-electron chi connectivity index (χ2n) is 3.25. The number of carbonyl (C=O) groups excluding carboxylic acids is 1. The lowest BCUT2D eigenvalue weighted by Gasteiger charge is -2.04. The zero-order valence-electron chi connectivity index (χ0n) is 8.61. The van der Waals surface area contributed by atoms with Gasteiger partial charge < -0.3 is 5.32 Å². The number of halogens is 1. The molecule has 0 aliphatic heterocycles. The number of nitriles is 1. The van der Waals surface area contributed by atoms with Gasteiger partial charge in [-0.15, -0.1) is 11.3 Å². The normalized spacial score (nSPS) is 9.65. The molecule has 84 valence electrons. The summed E-state index contributed by atoms with van der Waals surface area (Å²) >= 11 is 3.68. The number of benzene rings is 1. The van der Waals surface area contributed by atoms with Gasteiger partial charge in [0.25, 0.3) is 5.91 Å². The predicted octanol–water partition coefficient (Wildman–Crippen LogP) is 3.48. The molecule has 0 bridgehead atoms. The van der Waals surface area contributed by atoms with E-state index in [4.69, 9.17) is 5.26 Å². The molecule has 2 rings (SSSR count). The number of anilines is 1. The quantitative estimate of drug-likeness (QED) is 0.840. The number of thiophene rings is 1. The molecule has 1 aromatic heterocycles. The van der Waals surface area contributed by atoms with Crippen LogP contribution in [-0.2, 0) is 0 Å². The first-order chi connectivity index (χ1) is 8.20. The van der Waals surface area contributed by atoms with Crippen LogP contribution in [0.4, 0.5) is 5.69 Å². The minimum atomic E-state index is -0.188. The number of nitrogens with zero attached hydrogens (tertiary/aromatic N) is 1. The highest BCUT2D eigenvalue weighted by Crippen LogP contribution is 2.19. The largest absolute Gasteiger partial charge is 0.321 e. The summed E-state index contributed by atoms with van der Waals surface area (Å²) in [5.41, 5.74) is 1.62. The maximum atomic E-state index is 11.9. The van der Waals surface area contributed by atoms with Crippen molar-refractivity contribution >= 4 is 45.5 Å². The molecular weight excluding hydrogens is 347 g/mol. The first kappa shape index (κ1) is 12.1. The van der Waals surface area contributed by atoms with E-state index in [0.717, 1.165) is 2.88 Å². The summed E-state index contributed by atoms with van der Waals surface area (Å²) in [4.78, 5) is 11.9. The highest BCUT2D eigenvalue weighted by Gasteiger charge is 2.10. The van der Waals surface area contributed by atoms with E-state index in [9.17, 15) is 4.79 Å². The molecule has 0 fully saturated rings. The minimum Gasteiger partial charge on any atom is -0.321 e. The summed E-state index contributed by atoms with van der Waals surface area (Å²) in [5, 5.41) is 13.4. The second kappa shape index (κ2) is 5.29. The number of nitrogens with one attached hydrogen (secondary N) is 1. The fourth-order valence-corrected chi connectivity index (χ4v) is 2.64. The van der Waals surface area contributed by atoms with Gasteiger partial charge in [0.15, 0.2) is 0 Å². The van der Waals surface area contributed by atoms with Crippen LogP contribution in [0.1, 0.15) is 15.9 Å². The van der Waals surface area contributed by atoms with Crippen molar-refractivity contribution in [3.05, 3.63) is 49.7 Å². The van der Waals surface area contributed by atoms with Crippen molar-refractivity contribution in [2.45, 2.75) is 0 Å². The average Bonchev–Trinajstić information content (AvgIpc) is 2.77. The van der Waals surface area contributed by atoms with Crippen molar-refractivity contribution in [2.75, 3.05) is 5.32 Å². The van der Waals surface area contributed by atoms with Crippen molar-refractivity contribution in [1.82, 2.24) is 0 Å². The third-order valence-corrected chi connectivity index (χ3v) is 3.91. The molecule has 0 aliphatic carbocycles. The molecule has 5 heteroatoms. The van der Waals surface area contributed by atoms with Crippen LogP contribution in [0.2, 0.25) is 0 Å². The molecule has 0 radical (unpaired) electrons. The summed E-state index contributed by atoms with van der Waals surface area (Å²) in [6.07, 6.45) is 0. The Morgan fingerprint density at radius 2 is 2.18 bits per heavy atom. The van der Waals surface area contributed by atoms with Crippen LogP contribution >= 0.6 is 33.9 Å². The van der Waals surface area contributed by atoms with Gasteiger partial charge in [0.05, 0.1) is 19.7 Å². The lowest BCUT2D eigenvalue weighted by Crippen LogP contribution is -2.11. The van der Waals surface area contributed by atoms with Crippen molar-refractivity contribution in [2.24, 2.45) is 0 Å². The third kappa shape index (κ3) is 2.84. The molecule has 1 aromatic carbocycles. The first-order valence-corrected chi connectivity index (χ1v) is 6.71. The predicted molar refractivity (Wildman–Crippen MR) is 76.1 cm³/mol. The molecule has 0 atom stereocenters. The molecule has 2 aromatic rings. The fraction of sp³-hybridized carbons (Fsp3) is 0.